The number of aromatic nitrogens is 1. The van der Waals surface area contributed by atoms with E-state index in [1.165, 1.54) is 17.6 Å². The summed E-state index contributed by atoms with van der Waals surface area (Å²) in [6, 6.07) is 10.6. The molecule has 0 aliphatic heterocycles. The van der Waals surface area contributed by atoms with Crippen LogP contribution in [0.2, 0.25) is 0 Å². The molecule has 1 heterocycles. The lowest BCUT2D eigenvalue weighted by atomic mass is 10.2. The molecule has 1 aromatic carbocycles. The zero-order valence-corrected chi connectivity index (χ0v) is 12.2. The molecule has 0 saturated heterocycles. The van der Waals surface area contributed by atoms with Gasteiger partial charge in [-0.15, -0.1) is 0 Å². The largest absolute Gasteiger partial charge is 0.364 e. The molecule has 6 nitrogen and oxygen atoms in total. The Hall–Kier alpha value is -1.70. The summed E-state index contributed by atoms with van der Waals surface area (Å²) in [5.41, 5.74) is 1.47. The van der Waals surface area contributed by atoms with E-state index >= 15 is 0 Å². The molecule has 7 heteroatoms. The van der Waals surface area contributed by atoms with E-state index in [1.807, 2.05) is 30.3 Å². The van der Waals surface area contributed by atoms with Crippen LogP contribution < -0.4 is 4.72 Å². The van der Waals surface area contributed by atoms with E-state index in [9.17, 15) is 8.42 Å². The van der Waals surface area contributed by atoms with Gasteiger partial charge in [0.25, 0.3) is 10.2 Å². The zero-order valence-electron chi connectivity index (χ0n) is 11.4. The second kappa shape index (κ2) is 6.17. The van der Waals surface area contributed by atoms with Crippen molar-refractivity contribution in [2.24, 2.45) is 0 Å². The lowest BCUT2D eigenvalue weighted by Gasteiger charge is -2.22. The monoisotopic (exact) mass is 295 g/mol. The summed E-state index contributed by atoms with van der Waals surface area (Å²) in [6.45, 7) is 2.00. The minimum Gasteiger partial charge on any atom is -0.364 e. The van der Waals surface area contributed by atoms with E-state index in [1.54, 1.807) is 13.0 Å². The smallest absolute Gasteiger partial charge is 0.280 e. The lowest BCUT2D eigenvalue weighted by Crippen LogP contribution is -2.39. The molecule has 20 heavy (non-hydrogen) atoms. The van der Waals surface area contributed by atoms with E-state index in [4.69, 9.17) is 4.52 Å². The van der Waals surface area contributed by atoms with Gasteiger partial charge in [0.1, 0.15) is 12.0 Å². The summed E-state index contributed by atoms with van der Waals surface area (Å²) in [6.07, 6.45) is 1.42. The Kier molecular flexibility index (Phi) is 4.53. The first-order chi connectivity index (χ1) is 9.50. The molecule has 2 aromatic rings. The van der Waals surface area contributed by atoms with E-state index in [0.717, 1.165) is 5.56 Å². The highest BCUT2D eigenvalue weighted by molar-refractivity contribution is 7.87. The molecule has 108 valence electrons. The van der Waals surface area contributed by atoms with Gasteiger partial charge >= 0.3 is 0 Å². The molecule has 0 spiro atoms. The van der Waals surface area contributed by atoms with Crippen molar-refractivity contribution in [3.05, 3.63) is 53.9 Å². The highest BCUT2D eigenvalue weighted by atomic mass is 32.2. The standard InChI is InChI=1S/C13H17N3O3S/c1-11(13-8-9-19-15-13)16(2)20(17,18)14-10-12-6-4-3-5-7-12/h3-9,11,14H,10H2,1-2H3/t11-/m1/s1. The number of hydrogen-bond acceptors (Lipinski definition) is 4. The molecule has 0 unspecified atom stereocenters. The minimum atomic E-state index is -3.58. The van der Waals surface area contributed by atoms with Crippen LogP contribution in [0.3, 0.4) is 0 Å². The second-order valence-corrected chi connectivity index (χ2v) is 6.24. The normalized spacial score (nSPS) is 13.6. The number of benzene rings is 1. The first-order valence-electron chi connectivity index (χ1n) is 6.17. The van der Waals surface area contributed by atoms with Gasteiger partial charge in [0, 0.05) is 19.7 Å². The average Bonchev–Trinajstić information content (AvgIpc) is 2.99. The van der Waals surface area contributed by atoms with Gasteiger partial charge in [-0.25, -0.2) is 0 Å². The van der Waals surface area contributed by atoms with E-state index in [-0.39, 0.29) is 6.54 Å². The summed E-state index contributed by atoms with van der Waals surface area (Å²) in [7, 11) is -2.08. The van der Waals surface area contributed by atoms with Crippen molar-refractivity contribution in [1.29, 1.82) is 0 Å². The van der Waals surface area contributed by atoms with Gasteiger partial charge in [0.2, 0.25) is 0 Å². The zero-order chi connectivity index (χ0) is 14.6. The molecule has 1 atom stereocenters. The van der Waals surface area contributed by atoms with Crippen LogP contribution in [0.25, 0.3) is 0 Å². The van der Waals surface area contributed by atoms with Gasteiger partial charge < -0.3 is 4.52 Å². The Morgan fingerprint density at radius 3 is 2.60 bits per heavy atom. The third-order valence-corrected chi connectivity index (χ3v) is 4.70. The summed E-state index contributed by atoms with van der Waals surface area (Å²) in [4.78, 5) is 0. The number of nitrogens with zero attached hydrogens (tertiary/aromatic N) is 2. The summed E-state index contributed by atoms with van der Waals surface area (Å²) in [5, 5.41) is 3.76. The number of nitrogens with one attached hydrogen (secondary N) is 1. The molecule has 0 aliphatic rings. The van der Waals surface area contributed by atoms with Crippen molar-refractivity contribution in [3.63, 3.8) is 0 Å². The molecular weight excluding hydrogens is 278 g/mol. The van der Waals surface area contributed by atoms with Crippen LogP contribution in [0.1, 0.15) is 24.2 Å². The molecule has 0 saturated carbocycles. The van der Waals surface area contributed by atoms with Crippen LogP contribution in [0.4, 0.5) is 0 Å². The van der Waals surface area contributed by atoms with Crippen LogP contribution in [-0.4, -0.2) is 24.9 Å². The first kappa shape index (κ1) is 14.7. The minimum absolute atomic E-state index is 0.249. The number of hydrogen-bond donors (Lipinski definition) is 1. The Labute approximate surface area is 118 Å². The van der Waals surface area contributed by atoms with Gasteiger partial charge in [-0.2, -0.15) is 17.4 Å². The number of rotatable bonds is 6. The SMILES string of the molecule is C[C@H](c1ccon1)N(C)S(=O)(=O)NCc1ccccc1. The molecule has 0 fully saturated rings. The van der Waals surface area contributed by atoms with Gasteiger partial charge in [-0.1, -0.05) is 35.5 Å². The maximum atomic E-state index is 12.2. The van der Waals surface area contributed by atoms with Crippen LogP contribution in [-0.2, 0) is 16.8 Å². The van der Waals surface area contributed by atoms with Crippen LogP contribution >= 0.6 is 0 Å². The highest BCUT2D eigenvalue weighted by Gasteiger charge is 2.25. The quantitative estimate of drug-likeness (QED) is 0.880. The third-order valence-electron chi connectivity index (χ3n) is 3.11. The van der Waals surface area contributed by atoms with Crippen molar-refractivity contribution in [2.75, 3.05) is 7.05 Å². The Morgan fingerprint density at radius 1 is 1.30 bits per heavy atom. The molecule has 0 aliphatic carbocycles. The Bertz CT molecular complexity index is 626. The van der Waals surface area contributed by atoms with Crippen molar-refractivity contribution >= 4 is 10.2 Å². The second-order valence-electron chi connectivity index (χ2n) is 4.43. The molecule has 2 rings (SSSR count). The topological polar surface area (TPSA) is 75.4 Å². The van der Waals surface area contributed by atoms with Crippen LogP contribution in [0, 0.1) is 0 Å². The van der Waals surface area contributed by atoms with E-state index < -0.39 is 16.3 Å². The van der Waals surface area contributed by atoms with Crippen LogP contribution in [0.5, 0.6) is 0 Å². The maximum absolute atomic E-state index is 12.2. The lowest BCUT2D eigenvalue weighted by molar-refractivity contribution is 0.353. The maximum Gasteiger partial charge on any atom is 0.280 e. The molecule has 0 amide bonds. The van der Waals surface area contributed by atoms with Crippen molar-refractivity contribution in [2.45, 2.75) is 19.5 Å². The predicted octanol–water partition coefficient (Wildman–Crippen LogP) is 1.70. The summed E-state index contributed by atoms with van der Waals surface area (Å²) >= 11 is 0. The van der Waals surface area contributed by atoms with Gasteiger partial charge in [0.15, 0.2) is 0 Å². The fourth-order valence-electron chi connectivity index (χ4n) is 1.70. The first-order valence-corrected chi connectivity index (χ1v) is 7.61. The average molecular weight is 295 g/mol. The molecule has 1 N–H and O–H groups in total. The van der Waals surface area contributed by atoms with E-state index in [0.29, 0.717) is 5.69 Å². The molecular formula is C13H17N3O3S. The molecule has 1 aromatic heterocycles. The third kappa shape index (κ3) is 3.44. The van der Waals surface area contributed by atoms with Crippen LogP contribution in [0.15, 0.2) is 47.2 Å². The summed E-state index contributed by atoms with van der Waals surface area (Å²) < 4.78 is 32.9. The predicted molar refractivity (Wildman–Crippen MR) is 74.9 cm³/mol. The van der Waals surface area contributed by atoms with Gasteiger partial charge in [0.05, 0.1) is 6.04 Å². The fraction of sp³-hybridized carbons (Fsp3) is 0.308. The van der Waals surface area contributed by atoms with E-state index in [2.05, 4.69) is 9.88 Å². The summed E-state index contributed by atoms with van der Waals surface area (Å²) in [5.74, 6) is 0. The Balaban J connectivity index is 2.03. The van der Waals surface area contributed by atoms with Gasteiger partial charge in [-0.05, 0) is 12.5 Å². The molecule has 0 radical (unpaired) electrons. The van der Waals surface area contributed by atoms with Crippen molar-refractivity contribution in [3.8, 4) is 0 Å². The Morgan fingerprint density at radius 2 is 2.00 bits per heavy atom. The molecule has 0 bridgehead atoms. The van der Waals surface area contributed by atoms with Gasteiger partial charge in [-0.3, -0.25) is 0 Å². The van der Waals surface area contributed by atoms with Crippen molar-refractivity contribution in [1.82, 2.24) is 14.2 Å². The highest BCUT2D eigenvalue weighted by Crippen LogP contribution is 2.18. The fourth-order valence-corrected chi connectivity index (χ4v) is 2.78. The van der Waals surface area contributed by atoms with Crippen molar-refractivity contribution < 1.29 is 12.9 Å².